The number of carbonyl (C=O) groups is 1. The molecule has 0 aliphatic rings. The van der Waals surface area contributed by atoms with Crippen LogP contribution in [0.25, 0.3) is 0 Å². The van der Waals surface area contributed by atoms with Crippen molar-refractivity contribution in [1.82, 2.24) is 0 Å². The van der Waals surface area contributed by atoms with E-state index >= 15 is 0 Å². The highest BCUT2D eigenvalue weighted by molar-refractivity contribution is 5.77. The lowest BCUT2D eigenvalue weighted by molar-refractivity contribution is -0.388. The van der Waals surface area contributed by atoms with Crippen LogP contribution in [0.3, 0.4) is 0 Å². The lowest BCUT2D eigenvalue weighted by Crippen LogP contribution is -2.10. The van der Waals surface area contributed by atoms with E-state index in [9.17, 15) is 19.3 Å². The molecule has 1 rings (SSSR count). The molecule has 0 fully saturated rings. The zero-order chi connectivity index (χ0) is 12.3. The van der Waals surface area contributed by atoms with E-state index in [2.05, 4.69) is 4.74 Å². The fourth-order valence-electron chi connectivity index (χ4n) is 1.22. The van der Waals surface area contributed by atoms with E-state index in [-0.39, 0.29) is 11.3 Å². The van der Waals surface area contributed by atoms with Gasteiger partial charge in [0.05, 0.1) is 24.0 Å². The number of rotatable bonds is 3. The first-order chi connectivity index (χ1) is 7.47. The summed E-state index contributed by atoms with van der Waals surface area (Å²) in [7, 11) is 1.13. The Morgan fingerprint density at radius 2 is 2.25 bits per heavy atom. The van der Waals surface area contributed by atoms with Gasteiger partial charge in [0.1, 0.15) is 0 Å². The molecule has 0 aromatic heterocycles. The number of benzene rings is 1. The Morgan fingerprint density at radius 1 is 1.62 bits per heavy atom. The van der Waals surface area contributed by atoms with Crippen molar-refractivity contribution < 1.29 is 18.8 Å². The van der Waals surface area contributed by atoms with Crippen molar-refractivity contribution in [2.24, 2.45) is 0 Å². The zero-order valence-electron chi connectivity index (χ0n) is 8.40. The molecule has 6 nitrogen and oxygen atoms in total. The molecule has 2 N–H and O–H groups in total. The van der Waals surface area contributed by atoms with Gasteiger partial charge < -0.3 is 10.5 Å². The maximum absolute atomic E-state index is 13.2. The number of nitro benzene ring substituents is 1. The third-order valence-corrected chi connectivity index (χ3v) is 2.00. The highest BCUT2D eigenvalue weighted by atomic mass is 19.1. The average molecular weight is 228 g/mol. The monoisotopic (exact) mass is 228 g/mol. The molecule has 0 radical (unpaired) electrons. The van der Waals surface area contributed by atoms with Gasteiger partial charge in [-0.2, -0.15) is 4.39 Å². The van der Waals surface area contributed by atoms with Gasteiger partial charge in [0.25, 0.3) is 0 Å². The Kier molecular flexibility index (Phi) is 3.39. The Labute approximate surface area is 90.0 Å². The number of nitro groups is 1. The van der Waals surface area contributed by atoms with Gasteiger partial charge in [-0.1, -0.05) is 0 Å². The SMILES string of the molecule is COC(=O)Cc1c(N)ccc(F)c1[N+](=O)[O-]. The van der Waals surface area contributed by atoms with Crippen molar-refractivity contribution in [1.29, 1.82) is 0 Å². The molecular weight excluding hydrogens is 219 g/mol. The number of esters is 1. The number of nitrogen functional groups attached to an aromatic ring is 1. The van der Waals surface area contributed by atoms with E-state index in [4.69, 9.17) is 5.73 Å². The Hall–Kier alpha value is -2.18. The molecule has 7 heteroatoms. The van der Waals surface area contributed by atoms with Gasteiger partial charge in [-0.25, -0.2) is 0 Å². The van der Waals surface area contributed by atoms with E-state index in [0.29, 0.717) is 0 Å². The standard InChI is InChI=1S/C9H9FN2O4/c1-16-8(13)4-5-7(11)3-2-6(10)9(5)12(14)15/h2-3H,4,11H2,1H3. The summed E-state index contributed by atoms with van der Waals surface area (Å²) in [4.78, 5) is 20.7. The van der Waals surface area contributed by atoms with Crippen LogP contribution in [0.15, 0.2) is 12.1 Å². The summed E-state index contributed by atoms with van der Waals surface area (Å²) >= 11 is 0. The first kappa shape index (κ1) is 11.9. The minimum Gasteiger partial charge on any atom is -0.469 e. The first-order valence-corrected chi connectivity index (χ1v) is 4.25. The Bertz CT molecular complexity index is 447. The summed E-state index contributed by atoms with van der Waals surface area (Å²) in [6.45, 7) is 0. The van der Waals surface area contributed by atoms with Crippen molar-refractivity contribution in [2.75, 3.05) is 12.8 Å². The van der Waals surface area contributed by atoms with Crippen LogP contribution in [0.4, 0.5) is 15.8 Å². The van der Waals surface area contributed by atoms with Gasteiger partial charge in [0, 0.05) is 5.69 Å². The Balaban J connectivity index is 3.28. The Morgan fingerprint density at radius 3 is 2.75 bits per heavy atom. The topological polar surface area (TPSA) is 95.5 Å². The molecule has 0 bridgehead atoms. The summed E-state index contributed by atoms with van der Waals surface area (Å²) in [6, 6.07) is 2.05. The van der Waals surface area contributed by atoms with E-state index in [0.717, 1.165) is 13.2 Å². The van der Waals surface area contributed by atoms with Gasteiger partial charge in [-0.15, -0.1) is 0 Å². The summed E-state index contributed by atoms with van der Waals surface area (Å²) < 4.78 is 17.5. The number of nitrogens with zero attached hydrogens (tertiary/aromatic N) is 1. The number of nitrogens with two attached hydrogens (primary N) is 1. The fourth-order valence-corrected chi connectivity index (χ4v) is 1.22. The molecule has 0 heterocycles. The number of hydrogen-bond donors (Lipinski definition) is 1. The number of carbonyl (C=O) groups excluding carboxylic acids is 1. The van der Waals surface area contributed by atoms with Crippen LogP contribution in [-0.2, 0) is 16.0 Å². The molecule has 0 aliphatic carbocycles. The maximum Gasteiger partial charge on any atom is 0.310 e. The van der Waals surface area contributed by atoms with Gasteiger partial charge >= 0.3 is 11.7 Å². The molecule has 16 heavy (non-hydrogen) atoms. The summed E-state index contributed by atoms with van der Waals surface area (Å²) in [5, 5.41) is 10.6. The predicted octanol–water partition coefficient (Wildman–Crippen LogP) is 1.03. The van der Waals surface area contributed by atoms with Gasteiger partial charge in [0.15, 0.2) is 0 Å². The third-order valence-electron chi connectivity index (χ3n) is 2.00. The van der Waals surface area contributed by atoms with Crippen LogP contribution >= 0.6 is 0 Å². The molecule has 0 unspecified atom stereocenters. The second-order valence-corrected chi connectivity index (χ2v) is 2.97. The van der Waals surface area contributed by atoms with Crippen molar-refractivity contribution >= 4 is 17.3 Å². The molecule has 0 amide bonds. The van der Waals surface area contributed by atoms with Crippen molar-refractivity contribution in [3.63, 3.8) is 0 Å². The highest BCUT2D eigenvalue weighted by Gasteiger charge is 2.24. The van der Waals surface area contributed by atoms with Crippen LogP contribution in [-0.4, -0.2) is 18.0 Å². The molecule has 1 aromatic carbocycles. The average Bonchev–Trinajstić information content (AvgIpc) is 2.22. The smallest absolute Gasteiger partial charge is 0.310 e. The number of methoxy groups -OCH3 is 1. The van der Waals surface area contributed by atoms with E-state index < -0.39 is 28.8 Å². The van der Waals surface area contributed by atoms with Crippen LogP contribution < -0.4 is 5.73 Å². The van der Waals surface area contributed by atoms with E-state index in [1.54, 1.807) is 0 Å². The second kappa shape index (κ2) is 4.56. The predicted molar refractivity (Wildman–Crippen MR) is 53.2 cm³/mol. The lowest BCUT2D eigenvalue weighted by Gasteiger charge is -2.05. The van der Waals surface area contributed by atoms with Gasteiger partial charge in [-0.05, 0) is 12.1 Å². The highest BCUT2D eigenvalue weighted by Crippen LogP contribution is 2.28. The molecule has 0 saturated carbocycles. The van der Waals surface area contributed by atoms with E-state index in [1.165, 1.54) is 6.07 Å². The van der Waals surface area contributed by atoms with E-state index in [1.807, 2.05) is 0 Å². The summed E-state index contributed by atoms with van der Waals surface area (Å²) in [5.41, 5.74) is 4.48. The molecular formula is C9H9FN2O4. The molecule has 1 aromatic rings. The number of halogens is 1. The quantitative estimate of drug-likeness (QED) is 0.361. The molecule has 86 valence electrons. The lowest BCUT2D eigenvalue weighted by atomic mass is 10.1. The largest absolute Gasteiger partial charge is 0.469 e. The molecule has 0 aliphatic heterocycles. The van der Waals surface area contributed by atoms with Crippen molar-refractivity contribution in [2.45, 2.75) is 6.42 Å². The van der Waals surface area contributed by atoms with Gasteiger partial charge in [0.2, 0.25) is 5.82 Å². The minimum atomic E-state index is -1.03. The molecule has 0 spiro atoms. The zero-order valence-corrected chi connectivity index (χ0v) is 8.40. The molecule has 0 saturated heterocycles. The third kappa shape index (κ3) is 2.25. The second-order valence-electron chi connectivity index (χ2n) is 2.97. The number of anilines is 1. The summed E-state index contributed by atoms with van der Waals surface area (Å²) in [6.07, 6.45) is -0.434. The summed E-state index contributed by atoms with van der Waals surface area (Å²) in [5.74, 6) is -1.75. The minimum absolute atomic E-state index is 0.0153. The maximum atomic E-state index is 13.2. The van der Waals surface area contributed by atoms with Crippen LogP contribution in [0.2, 0.25) is 0 Å². The first-order valence-electron chi connectivity index (χ1n) is 4.25. The van der Waals surface area contributed by atoms with Crippen molar-refractivity contribution in [3.8, 4) is 0 Å². The van der Waals surface area contributed by atoms with Crippen LogP contribution in [0, 0.1) is 15.9 Å². The molecule has 0 atom stereocenters. The number of ether oxygens (including phenoxy) is 1. The van der Waals surface area contributed by atoms with Crippen molar-refractivity contribution in [3.05, 3.63) is 33.6 Å². The van der Waals surface area contributed by atoms with Crippen LogP contribution in [0.1, 0.15) is 5.56 Å². The normalized spacial score (nSPS) is 9.88. The van der Waals surface area contributed by atoms with Crippen LogP contribution in [0.5, 0.6) is 0 Å². The fraction of sp³-hybridized carbons (Fsp3) is 0.222. The number of hydrogen-bond acceptors (Lipinski definition) is 5. The van der Waals surface area contributed by atoms with Gasteiger partial charge in [-0.3, -0.25) is 14.9 Å².